The van der Waals surface area contributed by atoms with E-state index in [9.17, 15) is 0 Å². The molecule has 1 aromatic carbocycles. The van der Waals surface area contributed by atoms with E-state index in [4.69, 9.17) is 0 Å². The van der Waals surface area contributed by atoms with Crippen LogP contribution in [0.5, 0.6) is 0 Å². The van der Waals surface area contributed by atoms with Gasteiger partial charge in [-0.25, -0.2) is 0 Å². The second-order valence-electron chi connectivity index (χ2n) is 6.41. The highest BCUT2D eigenvalue weighted by Crippen LogP contribution is 2.19. The molecule has 22 heavy (non-hydrogen) atoms. The summed E-state index contributed by atoms with van der Waals surface area (Å²) in [6.45, 7) is 8.56. The summed E-state index contributed by atoms with van der Waals surface area (Å²) in [5.41, 5.74) is 3.62. The first-order valence-corrected chi connectivity index (χ1v) is 8.13. The minimum absolute atomic E-state index is 0.547. The SMILES string of the molecule is Cc1cccc(CN[C@H]2CN(Cc3ccccc3)C[C@@H]2C)n1. The number of hydrogen-bond donors (Lipinski definition) is 1. The van der Waals surface area contributed by atoms with Crippen molar-refractivity contribution in [3.05, 3.63) is 65.5 Å². The van der Waals surface area contributed by atoms with Crippen molar-refractivity contribution in [1.82, 2.24) is 15.2 Å². The van der Waals surface area contributed by atoms with E-state index in [2.05, 4.69) is 64.6 Å². The summed E-state index contributed by atoms with van der Waals surface area (Å²) in [7, 11) is 0. The van der Waals surface area contributed by atoms with E-state index >= 15 is 0 Å². The Balaban J connectivity index is 1.52. The average Bonchev–Trinajstić information content (AvgIpc) is 2.86. The van der Waals surface area contributed by atoms with Gasteiger partial charge in [-0.1, -0.05) is 43.3 Å². The van der Waals surface area contributed by atoms with Crippen LogP contribution in [-0.2, 0) is 13.1 Å². The van der Waals surface area contributed by atoms with Gasteiger partial charge in [0.1, 0.15) is 0 Å². The third-order valence-electron chi connectivity index (χ3n) is 4.43. The van der Waals surface area contributed by atoms with Crippen LogP contribution < -0.4 is 5.32 Å². The van der Waals surface area contributed by atoms with Gasteiger partial charge in [-0.3, -0.25) is 9.88 Å². The lowest BCUT2D eigenvalue weighted by molar-refractivity contribution is 0.316. The molecule has 3 rings (SSSR count). The molecule has 116 valence electrons. The number of nitrogens with zero attached hydrogens (tertiary/aromatic N) is 2. The first-order valence-electron chi connectivity index (χ1n) is 8.13. The largest absolute Gasteiger partial charge is 0.307 e. The second-order valence-corrected chi connectivity index (χ2v) is 6.41. The van der Waals surface area contributed by atoms with Gasteiger partial charge < -0.3 is 5.32 Å². The summed E-state index contributed by atoms with van der Waals surface area (Å²) in [6, 6.07) is 17.5. The number of rotatable bonds is 5. The van der Waals surface area contributed by atoms with E-state index in [1.54, 1.807) is 0 Å². The average molecular weight is 295 g/mol. The molecular formula is C19H25N3. The van der Waals surface area contributed by atoms with Gasteiger partial charge in [0.15, 0.2) is 0 Å². The lowest BCUT2D eigenvalue weighted by Gasteiger charge is -2.17. The fourth-order valence-electron chi connectivity index (χ4n) is 3.24. The van der Waals surface area contributed by atoms with Crippen molar-refractivity contribution in [2.45, 2.75) is 33.0 Å². The molecule has 3 heteroatoms. The fourth-order valence-corrected chi connectivity index (χ4v) is 3.24. The lowest BCUT2D eigenvalue weighted by atomic mass is 10.1. The maximum Gasteiger partial charge on any atom is 0.0544 e. The van der Waals surface area contributed by atoms with Gasteiger partial charge in [0, 0.05) is 37.9 Å². The Kier molecular flexibility index (Phi) is 4.86. The Morgan fingerprint density at radius 3 is 2.68 bits per heavy atom. The van der Waals surface area contributed by atoms with Crippen LogP contribution in [0.4, 0.5) is 0 Å². The molecule has 0 aliphatic carbocycles. The smallest absolute Gasteiger partial charge is 0.0544 e. The van der Waals surface area contributed by atoms with Crippen molar-refractivity contribution in [3.8, 4) is 0 Å². The van der Waals surface area contributed by atoms with Gasteiger partial charge in [0.25, 0.3) is 0 Å². The Labute approximate surface area is 133 Å². The summed E-state index contributed by atoms with van der Waals surface area (Å²) >= 11 is 0. The summed E-state index contributed by atoms with van der Waals surface area (Å²) < 4.78 is 0. The predicted octanol–water partition coefficient (Wildman–Crippen LogP) is 3.00. The van der Waals surface area contributed by atoms with E-state index in [-0.39, 0.29) is 0 Å². The highest BCUT2D eigenvalue weighted by molar-refractivity contribution is 5.15. The highest BCUT2D eigenvalue weighted by atomic mass is 15.2. The van der Waals surface area contributed by atoms with Crippen LogP contribution >= 0.6 is 0 Å². The molecule has 2 heterocycles. The normalized spacial score (nSPS) is 22.1. The predicted molar refractivity (Wildman–Crippen MR) is 90.5 cm³/mol. The molecule has 1 fully saturated rings. The Hall–Kier alpha value is -1.71. The Morgan fingerprint density at radius 1 is 1.09 bits per heavy atom. The first-order chi connectivity index (χ1) is 10.7. The highest BCUT2D eigenvalue weighted by Gasteiger charge is 2.28. The molecule has 1 aromatic heterocycles. The number of nitrogens with one attached hydrogen (secondary N) is 1. The molecule has 1 aliphatic heterocycles. The quantitative estimate of drug-likeness (QED) is 0.919. The van der Waals surface area contributed by atoms with Crippen LogP contribution in [0.1, 0.15) is 23.9 Å². The van der Waals surface area contributed by atoms with E-state index in [0.29, 0.717) is 12.0 Å². The summed E-state index contributed by atoms with van der Waals surface area (Å²) in [4.78, 5) is 7.11. The molecule has 0 saturated carbocycles. The fraction of sp³-hybridized carbons (Fsp3) is 0.421. The van der Waals surface area contributed by atoms with Crippen molar-refractivity contribution in [2.24, 2.45) is 5.92 Å². The third-order valence-corrected chi connectivity index (χ3v) is 4.43. The van der Waals surface area contributed by atoms with Gasteiger partial charge in [-0.2, -0.15) is 0 Å². The third kappa shape index (κ3) is 3.93. The van der Waals surface area contributed by atoms with Crippen LogP contribution in [0, 0.1) is 12.8 Å². The molecule has 0 unspecified atom stereocenters. The van der Waals surface area contributed by atoms with Crippen LogP contribution in [-0.4, -0.2) is 29.0 Å². The maximum absolute atomic E-state index is 4.57. The molecule has 0 amide bonds. The summed E-state index contributed by atoms with van der Waals surface area (Å²) in [6.07, 6.45) is 0. The van der Waals surface area contributed by atoms with E-state index in [0.717, 1.165) is 37.6 Å². The molecule has 1 N–H and O–H groups in total. The summed E-state index contributed by atoms with van der Waals surface area (Å²) in [5, 5.41) is 3.69. The minimum atomic E-state index is 0.547. The van der Waals surface area contributed by atoms with Crippen LogP contribution in [0.2, 0.25) is 0 Å². The zero-order chi connectivity index (χ0) is 15.4. The minimum Gasteiger partial charge on any atom is -0.307 e. The molecule has 1 aliphatic rings. The van der Waals surface area contributed by atoms with Gasteiger partial charge in [0.2, 0.25) is 0 Å². The number of aromatic nitrogens is 1. The Morgan fingerprint density at radius 2 is 1.91 bits per heavy atom. The standard InChI is InChI=1S/C19H25N3/c1-15-12-22(13-17-8-4-3-5-9-17)14-19(15)20-11-18-10-6-7-16(2)21-18/h3-10,15,19-20H,11-14H2,1-2H3/t15-,19-/m0/s1. The molecule has 0 bridgehead atoms. The van der Waals surface area contributed by atoms with Crippen LogP contribution in [0.25, 0.3) is 0 Å². The van der Waals surface area contributed by atoms with Crippen molar-refractivity contribution >= 4 is 0 Å². The van der Waals surface area contributed by atoms with Crippen molar-refractivity contribution < 1.29 is 0 Å². The van der Waals surface area contributed by atoms with Crippen LogP contribution in [0.3, 0.4) is 0 Å². The number of likely N-dealkylation sites (tertiary alicyclic amines) is 1. The lowest BCUT2D eigenvalue weighted by Crippen LogP contribution is -2.35. The summed E-state index contributed by atoms with van der Waals surface area (Å²) in [5.74, 6) is 0.675. The maximum atomic E-state index is 4.57. The molecule has 2 atom stereocenters. The molecule has 0 spiro atoms. The zero-order valence-corrected chi connectivity index (χ0v) is 13.5. The molecule has 2 aromatic rings. The second kappa shape index (κ2) is 7.03. The number of pyridine rings is 1. The van der Waals surface area contributed by atoms with Crippen molar-refractivity contribution in [3.63, 3.8) is 0 Å². The van der Waals surface area contributed by atoms with E-state index < -0.39 is 0 Å². The molecule has 0 radical (unpaired) electrons. The zero-order valence-electron chi connectivity index (χ0n) is 13.5. The monoisotopic (exact) mass is 295 g/mol. The van der Waals surface area contributed by atoms with Gasteiger partial charge in [-0.15, -0.1) is 0 Å². The van der Waals surface area contributed by atoms with Crippen molar-refractivity contribution in [2.75, 3.05) is 13.1 Å². The van der Waals surface area contributed by atoms with Crippen molar-refractivity contribution in [1.29, 1.82) is 0 Å². The molecular weight excluding hydrogens is 270 g/mol. The number of hydrogen-bond acceptors (Lipinski definition) is 3. The molecule has 3 nitrogen and oxygen atoms in total. The first kappa shape index (κ1) is 15.2. The van der Waals surface area contributed by atoms with E-state index in [1.165, 1.54) is 5.56 Å². The van der Waals surface area contributed by atoms with Gasteiger partial charge >= 0.3 is 0 Å². The Bertz CT molecular complexity index is 597. The number of aryl methyl sites for hydroxylation is 1. The van der Waals surface area contributed by atoms with Gasteiger partial charge in [-0.05, 0) is 30.5 Å². The van der Waals surface area contributed by atoms with Gasteiger partial charge in [0.05, 0.1) is 5.69 Å². The number of benzene rings is 1. The molecule has 1 saturated heterocycles. The van der Waals surface area contributed by atoms with E-state index in [1.807, 2.05) is 13.0 Å². The topological polar surface area (TPSA) is 28.2 Å². The van der Waals surface area contributed by atoms with Crippen LogP contribution in [0.15, 0.2) is 48.5 Å².